The number of hydrogen-bond donors (Lipinski definition) is 4. The molecule has 2 aliphatic carbocycles. The fraction of sp³-hybridized carbons (Fsp3) is 0.655. The Morgan fingerprint density at radius 2 is 0.649 bits per heavy atom. The van der Waals surface area contributed by atoms with Gasteiger partial charge in [0.15, 0.2) is 0 Å². The van der Waals surface area contributed by atoms with Gasteiger partial charge >= 0.3 is 0 Å². The van der Waals surface area contributed by atoms with Crippen molar-refractivity contribution in [2.75, 3.05) is 0 Å². The number of carbonyl (C=O) groups excluding carboxylic acids is 4. The number of hydrogen-bond acceptors (Lipinski definition) is 8. The predicted octanol–water partition coefficient (Wildman–Crippen LogP) is 9.71. The van der Waals surface area contributed by atoms with Crippen molar-refractivity contribution in [2.24, 2.45) is 0 Å². The highest BCUT2D eigenvalue weighted by atomic mass is 16.1. The lowest BCUT2D eigenvalue weighted by atomic mass is 10.0. The first kappa shape index (κ1) is 59.1. The molecule has 2 fully saturated rings. The third-order valence-corrected chi connectivity index (χ3v) is 4.25. The Balaban J connectivity index is -0.0000000359. The highest BCUT2D eigenvalue weighted by Gasteiger charge is 1.96. The van der Waals surface area contributed by atoms with E-state index in [4.69, 9.17) is 40.8 Å². The van der Waals surface area contributed by atoms with Crippen LogP contribution in [0.1, 0.15) is 127 Å². The quantitative estimate of drug-likeness (QED) is 0.211. The topological polar surface area (TPSA) is 164 Å². The largest absolute Gasteiger partial charge is 0.231 e. The summed E-state index contributed by atoms with van der Waals surface area (Å²) in [6.07, 6.45) is 22.1. The number of isocyanates is 4. The number of aryl methyl sites for hydroxylation is 1. The van der Waals surface area contributed by atoms with Gasteiger partial charge in [-0.25, -0.2) is 40.8 Å². The molecule has 8 nitrogen and oxygen atoms in total. The van der Waals surface area contributed by atoms with Crippen molar-refractivity contribution in [3.8, 4) is 0 Å². The second-order valence-electron chi connectivity index (χ2n) is 6.49. The van der Waals surface area contributed by atoms with Crippen molar-refractivity contribution in [1.29, 1.82) is 21.6 Å². The Labute approximate surface area is 228 Å². The molecule has 37 heavy (non-hydrogen) atoms. The average molecular weight is 527 g/mol. The van der Waals surface area contributed by atoms with Crippen LogP contribution >= 0.6 is 0 Å². The maximum atomic E-state index is 8.35. The molecule has 0 amide bonds. The maximum Gasteiger partial charge on any atom is 0.231 e. The lowest BCUT2D eigenvalue weighted by molar-refractivity contribution is 0.504. The highest BCUT2D eigenvalue weighted by molar-refractivity contribution is 5.26. The molecule has 3 rings (SSSR count). The summed E-state index contributed by atoms with van der Waals surface area (Å²) >= 11 is 0. The van der Waals surface area contributed by atoms with Gasteiger partial charge in [0.25, 0.3) is 0 Å². The first-order valence-corrected chi connectivity index (χ1v) is 10.8. The van der Waals surface area contributed by atoms with E-state index in [9.17, 15) is 0 Å². The molecule has 4 N–H and O–H groups in total. The molecule has 0 radical (unpaired) electrons. The van der Waals surface area contributed by atoms with Gasteiger partial charge in [-0.2, -0.15) is 0 Å². The van der Waals surface area contributed by atoms with E-state index in [1.54, 1.807) is 0 Å². The molecular weight excluding hydrogens is 468 g/mol. The van der Waals surface area contributed by atoms with Gasteiger partial charge in [0, 0.05) is 0 Å². The summed E-state index contributed by atoms with van der Waals surface area (Å²) in [4.78, 5) is 33.4. The minimum Gasteiger partial charge on any atom is -0.222 e. The van der Waals surface area contributed by atoms with Crippen molar-refractivity contribution >= 4 is 24.3 Å². The van der Waals surface area contributed by atoms with E-state index in [0.717, 1.165) is 30.7 Å². The highest BCUT2D eigenvalue weighted by Crippen LogP contribution is 2.15. The third kappa shape index (κ3) is 88.1. The molecular formula is C29H58N4O4. The van der Waals surface area contributed by atoms with Gasteiger partial charge in [-0.3, -0.25) is 0 Å². The van der Waals surface area contributed by atoms with Crippen LogP contribution in [0.15, 0.2) is 30.3 Å². The summed E-state index contributed by atoms with van der Waals surface area (Å²) in [5, 5.41) is 21.6. The van der Waals surface area contributed by atoms with E-state index in [-0.39, 0.29) is 37.1 Å². The van der Waals surface area contributed by atoms with Crippen molar-refractivity contribution in [3.63, 3.8) is 0 Å². The number of rotatable bonds is 1. The standard InChI is InChI=1S/C8H10.2C6H12.4CHNO.5CH4/c1-2-8-6-4-3-5-7-8;2*1-2-4-6-5-3-1;4*2-1-3;;;;;/h3-7H,2H2,1H3;2*1-6H2;4*2H;5*1H4. The molecule has 0 aromatic heterocycles. The number of benzene rings is 1. The van der Waals surface area contributed by atoms with Crippen LogP contribution in [-0.2, 0) is 25.6 Å². The second kappa shape index (κ2) is 69.8. The van der Waals surface area contributed by atoms with Gasteiger partial charge in [0.2, 0.25) is 24.3 Å². The molecule has 0 unspecified atom stereocenters. The lowest BCUT2D eigenvalue weighted by Gasteiger charge is -2.05. The monoisotopic (exact) mass is 526 g/mol. The number of nitrogens with one attached hydrogen (secondary N) is 4. The average Bonchev–Trinajstić information content (AvgIpc) is 2.85. The van der Waals surface area contributed by atoms with Gasteiger partial charge < -0.3 is 0 Å². The van der Waals surface area contributed by atoms with Gasteiger partial charge in [-0.1, -0.05) is 151 Å². The van der Waals surface area contributed by atoms with Crippen LogP contribution in [0.5, 0.6) is 0 Å². The van der Waals surface area contributed by atoms with Crippen LogP contribution in [0, 0.1) is 21.6 Å². The Morgan fingerprint density at radius 3 is 0.757 bits per heavy atom. The zero-order valence-corrected chi connectivity index (χ0v) is 19.2. The van der Waals surface area contributed by atoms with Crippen LogP contribution in [0.4, 0.5) is 0 Å². The molecule has 0 spiro atoms. The molecule has 0 bridgehead atoms. The Bertz CT molecular complexity index is 523. The Hall–Kier alpha value is -3.26. The predicted molar refractivity (Wildman–Crippen MR) is 159 cm³/mol. The van der Waals surface area contributed by atoms with Gasteiger partial charge in [-0.15, -0.1) is 0 Å². The summed E-state index contributed by atoms with van der Waals surface area (Å²) < 4.78 is 0. The lowest BCUT2D eigenvalue weighted by Crippen LogP contribution is -1.85. The molecule has 218 valence electrons. The SMILES string of the molecule is C.C.C.C.C.C1CCCCC1.C1CCCCC1.CCc1ccccc1.N=C=O.N=C=O.N=C=O.N=C=O. The van der Waals surface area contributed by atoms with Crippen LogP contribution in [0.3, 0.4) is 0 Å². The summed E-state index contributed by atoms with van der Waals surface area (Å²) in [5.74, 6) is 0. The van der Waals surface area contributed by atoms with E-state index in [2.05, 4.69) is 31.2 Å². The first-order chi connectivity index (χ1) is 15.6. The minimum atomic E-state index is 0. The van der Waals surface area contributed by atoms with Crippen LogP contribution in [-0.4, -0.2) is 24.3 Å². The molecule has 0 atom stereocenters. The first-order valence-electron chi connectivity index (χ1n) is 10.8. The van der Waals surface area contributed by atoms with Crippen molar-refractivity contribution in [3.05, 3.63) is 35.9 Å². The third-order valence-electron chi connectivity index (χ3n) is 4.25. The Kier molecular flexibility index (Phi) is 111. The molecule has 8 heteroatoms. The van der Waals surface area contributed by atoms with E-state index in [1.807, 2.05) is 6.07 Å². The van der Waals surface area contributed by atoms with E-state index in [0.29, 0.717) is 0 Å². The van der Waals surface area contributed by atoms with Crippen molar-refractivity contribution < 1.29 is 19.2 Å². The van der Waals surface area contributed by atoms with Crippen molar-refractivity contribution in [1.82, 2.24) is 0 Å². The van der Waals surface area contributed by atoms with Gasteiger partial charge in [-0.05, 0) is 12.0 Å². The minimum absolute atomic E-state index is 0. The van der Waals surface area contributed by atoms with E-state index < -0.39 is 0 Å². The summed E-state index contributed by atoms with van der Waals surface area (Å²) in [5.41, 5.74) is 1.41. The van der Waals surface area contributed by atoms with Crippen LogP contribution in [0.2, 0.25) is 0 Å². The van der Waals surface area contributed by atoms with Crippen LogP contribution < -0.4 is 0 Å². The molecule has 0 saturated heterocycles. The fourth-order valence-electron chi connectivity index (χ4n) is 2.84. The van der Waals surface area contributed by atoms with Crippen LogP contribution in [0.25, 0.3) is 0 Å². The molecule has 2 saturated carbocycles. The summed E-state index contributed by atoms with van der Waals surface area (Å²) in [6, 6.07) is 10.5. The van der Waals surface area contributed by atoms with Crippen molar-refractivity contribution in [2.45, 2.75) is 128 Å². The smallest absolute Gasteiger partial charge is 0.222 e. The van der Waals surface area contributed by atoms with Gasteiger partial charge in [0.1, 0.15) is 0 Å². The Morgan fingerprint density at radius 1 is 0.486 bits per heavy atom. The molecule has 0 heterocycles. The fourth-order valence-corrected chi connectivity index (χ4v) is 2.84. The van der Waals surface area contributed by atoms with E-state index >= 15 is 0 Å². The van der Waals surface area contributed by atoms with Gasteiger partial charge in [0.05, 0.1) is 0 Å². The summed E-state index contributed by atoms with van der Waals surface area (Å²) in [7, 11) is 0. The molecule has 1 aromatic rings. The zero-order valence-electron chi connectivity index (χ0n) is 19.2. The second-order valence-corrected chi connectivity index (χ2v) is 6.49. The maximum absolute atomic E-state index is 8.35. The molecule has 2 aliphatic rings. The van der Waals surface area contributed by atoms with E-state index in [1.165, 1.54) is 82.6 Å². The molecule has 0 aliphatic heterocycles. The summed E-state index contributed by atoms with van der Waals surface area (Å²) in [6.45, 7) is 2.16. The molecule has 1 aromatic carbocycles. The normalized spacial score (nSPS) is 10.6. The zero-order chi connectivity index (χ0) is 25.1.